The van der Waals surface area contributed by atoms with Gasteiger partial charge in [0.1, 0.15) is 6.61 Å². The molecule has 1 N–H and O–H groups in total. The fourth-order valence-electron chi connectivity index (χ4n) is 2.02. The summed E-state index contributed by atoms with van der Waals surface area (Å²) in [5.74, 6) is 0. The van der Waals surface area contributed by atoms with Gasteiger partial charge in [-0.25, -0.2) is 0 Å². The standard InChI is InChI=1S/C14H24F3N3O/c1-10(2)18-8-13-11(3)19-20(12(13)4)6-5-7-21-9-14(15,16)17/h10,18H,5-9H2,1-4H3. The third kappa shape index (κ3) is 6.48. The van der Waals surface area contributed by atoms with Crippen LogP contribution in [-0.4, -0.2) is 35.2 Å². The molecule has 0 aromatic carbocycles. The molecule has 1 aromatic heterocycles. The van der Waals surface area contributed by atoms with Gasteiger partial charge in [0.05, 0.1) is 5.69 Å². The summed E-state index contributed by atoms with van der Waals surface area (Å²) in [5.41, 5.74) is 3.16. The van der Waals surface area contributed by atoms with Crippen LogP contribution in [0.15, 0.2) is 0 Å². The van der Waals surface area contributed by atoms with Crippen LogP contribution in [0.5, 0.6) is 0 Å². The van der Waals surface area contributed by atoms with Crippen LogP contribution < -0.4 is 5.32 Å². The lowest BCUT2D eigenvalue weighted by molar-refractivity contribution is -0.174. The molecule has 0 fully saturated rings. The molecule has 0 radical (unpaired) electrons. The van der Waals surface area contributed by atoms with Crippen LogP contribution in [0.25, 0.3) is 0 Å². The zero-order valence-electron chi connectivity index (χ0n) is 13.0. The fourth-order valence-corrected chi connectivity index (χ4v) is 2.02. The minimum Gasteiger partial charge on any atom is -0.372 e. The number of hydrogen-bond acceptors (Lipinski definition) is 3. The van der Waals surface area contributed by atoms with Gasteiger partial charge in [0.25, 0.3) is 0 Å². The summed E-state index contributed by atoms with van der Waals surface area (Å²) in [6.07, 6.45) is -3.75. The number of nitrogens with one attached hydrogen (secondary N) is 1. The van der Waals surface area contributed by atoms with Crippen molar-refractivity contribution in [2.75, 3.05) is 13.2 Å². The van der Waals surface area contributed by atoms with Gasteiger partial charge < -0.3 is 10.1 Å². The Morgan fingerprint density at radius 3 is 2.52 bits per heavy atom. The van der Waals surface area contributed by atoms with Gasteiger partial charge in [-0.2, -0.15) is 18.3 Å². The molecule has 0 unspecified atom stereocenters. The second kappa shape index (κ2) is 7.79. The fraction of sp³-hybridized carbons (Fsp3) is 0.786. The first-order chi connectivity index (χ1) is 9.70. The highest BCUT2D eigenvalue weighted by molar-refractivity contribution is 5.24. The molecule has 0 aliphatic carbocycles. The number of rotatable bonds is 8. The Balaban J connectivity index is 2.44. The van der Waals surface area contributed by atoms with Crippen LogP contribution in [0, 0.1) is 13.8 Å². The summed E-state index contributed by atoms with van der Waals surface area (Å²) in [6, 6.07) is 0.392. The number of halogens is 3. The summed E-state index contributed by atoms with van der Waals surface area (Å²) < 4.78 is 42.2. The highest BCUT2D eigenvalue weighted by atomic mass is 19.4. The second-order valence-electron chi connectivity index (χ2n) is 5.43. The predicted molar refractivity (Wildman–Crippen MR) is 75.2 cm³/mol. The minimum atomic E-state index is -4.26. The monoisotopic (exact) mass is 307 g/mol. The van der Waals surface area contributed by atoms with Gasteiger partial charge in [-0.1, -0.05) is 13.8 Å². The number of aromatic nitrogens is 2. The Morgan fingerprint density at radius 1 is 1.29 bits per heavy atom. The highest BCUT2D eigenvalue weighted by Crippen LogP contribution is 2.15. The molecule has 0 spiro atoms. The normalized spacial score (nSPS) is 12.4. The van der Waals surface area contributed by atoms with Gasteiger partial charge in [-0.3, -0.25) is 4.68 Å². The van der Waals surface area contributed by atoms with Crippen molar-refractivity contribution in [1.29, 1.82) is 0 Å². The Bertz CT molecular complexity index is 441. The van der Waals surface area contributed by atoms with E-state index in [1.54, 1.807) is 0 Å². The van der Waals surface area contributed by atoms with E-state index >= 15 is 0 Å². The van der Waals surface area contributed by atoms with E-state index in [0.29, 0.717) is 19.0 Å². The second-order valence-corrected chi connectivity index (χ2v) is 5.43. The number of ether oxygens (including phenoxy) is 1. The lowest BCUT2D eigenvalue weighted by Crippen LogP contribution is -2.22. The molecule has 7 heteroatoms. The summed E-state index contributed by atoms with van der Waals surface area (Å²) in [6.45, 7) is 8.28. The Labute approximate surface area is 123 Å². The van der Waals surface area contributed by atoms with E-state index in [0.717, 1.165) is 23.5 Å². The number of aryl methyl sites for hydroxylation is 2. The van der Waals surface area contributed by atoms with Crippen molar-refractivity contribution in [1.82, 2.24) is 15.1 Å². The van der Waals surface area contributed by atoms with E-state index in [-0.39, 0.29) is 6.61 Å². The maximum Gasteiger partial charge on any atom is 0.411 e. The average molecular weight is 307 g/mol. The molecule has 122 valence electrons. The number of nitrogens with zero attached hydrogens (tertiary/aromatic N) is 2. The minimum absolute atomic E-state index is 0.0808. The van der Waals surface area contributed by atoms with Crippen molar-refractivity contribution in [2.45, 2.75) is 59.4 Å². The summed E-state index contributed by atoms with van der Waals surface area (Å²) >= 11 is 0. The molecule has 0 aliphatic rings. The summed E-state index contributed by atoms with van der Waals surface area (Å²) in [7, 11) is 0. The first-order valence-electron chi connectivity index (χ1n) is 7.11. The zero-order chi connectivity index (χ0) is 16.0. The van der Waals surface area contributed by atoms with Gasteiger partial charge >= 0.3 is 6.18 Å². The molecule has 1 heterocycles. The molecule has 0 saturated carbocycles. The van der Waals surface area contributed by atoms with E-state index in [2.05, 4.69) is 29.0 Å². The van der Waals surface area contributed by atoms with E-state index in [4.69, 9.17) is 0 Å². The van der Waals surface area contributed by atoms with Crippen molar-refractivity contribution in [3.63, 3.8) is 0 Å². The topological polar surface area (TPSA) is 39.1 Å². The molecule has 0 bridgehead atoms. The maximum atomic E-state index is 11.9. The smallest absolute Gasteiger partial charge is 0.372 e. The van der Waals surface area contributed by atoms with Crippen LogP contribution in [-0.2, 0) is 17.8 Å². The van der Waals surface area contributed by atoms with Crippen LogP contribution in [0.4, 0.5) is 13.2 Å². The third-order valence-corrected chi connectivity index (χ3v) is 3.14. The van der Waals surface area contributed by atoms with Gasteiger partial charge in [0.2, 0.25) is 0 Å². The molecule has 21 heavy (non-hydrogen) atoms. The van der Waals surface area contributed by atoms with E-state index in [1.807, 2.05) is 18.5 Å². The Kier molecular flexibility index (Phi) is 6.67. The maximum absolute atomic E-state index is 11.9. The quantitative estimate of drug-likeness (QED) is 0.751. The largest absolute Gasteiger partial charge is 0.411 e. The van der Waals surface area contributed by atoms with Crippen molar-refractivity contribution >= 4 is 0 Å². The first-order valence-corrected chi connectivity index (χ1v) is 7.11. The van der Waals surface area contributed by atoms with E-state index < -0.39 is 12.8 Å². The molecule has 1 aromatic rings. The molecular formula is C14H24F3N3O. The molecule has 1 rings (SSSR count). The Morgan fingerprint density at radius 2 is 1.95 bits per heavy atom. The predicted octanol–water partition coefficient (Wildman–Crippen LogP) is 2.97. The number of hydrogen-bond donors (Lipinski definition) is 1. The van der Waals surface area contributed by atoms with Crippen LogP contribution in [0.3, 0.4) is 0 Å². The molecule has 0 saturated heterocycles. The van der Waals surface area contributed by atoms with E-state index in [1.165, 1.54) is 0 Å². The summed E-state index contributed by atoms with van der Waals surface area (Å²) in [5, 5.41) is 7.78. The molecule has 0 atom stereocenters. The van der Waals surface area contributed by atoms with Crippen LogP contribution >= 0.6 is 0 Å². The van der Waals surface area contributed by atoms with Gasteiger partial charge in [-0.05, 0) is 20.3 Å². The van der Waals surface area contributed by atoms with Crippen molar-refractivity contribution < 1.29 is 17.9 Å². The van der Waals surface area contributed by atoms with Gasteiger partial charge in [-0.15, -0.1) is 0 Å². The third-order valence-electron chi connectivity index (χ3n) is 3.14. The zero-order valence-corrected chi connectivity index (χ0v) is 13.0. The molecule has 0 aliphatic heterocycles. The highest BCUT2D eigenvalue weighted by Gasteiger charge is 2.27. The lowest BCUT2D eigenvalue weighted by Gasteiger charge is -2.10. The SMILES string of the molecule is Cc1nn(CCCOCC(F)(F)F)c(C)c1CNC(C)C. The summed E-state index contributed by atoms with van der Waals surface area (Å²) in [4.78, 5) is 0. The molecular weight excluding hydrogens is 283 g/mol. The Hall–Kier alpha value is -1.08. The van der Waals surface area contributed by atoms with Gasteiger partial charge in [0, 0.05) is 37.0 Å². The first kappa shape index (κ1) is 18.0. The molecule has 0 amide bonds. The lowest BCUT2D eigenvalue weighted by atomic mass is 10.2. The van der Waals surface area contributed by atoms with E-state index in [9.17, 15) is 13.2 Å². The van der Waals surface area contributed by atoms with Crippen molar-refractivity contribution in [2.24, 2.45) is 0 Å². The van der Waals surface area contributed by atoms with Crippen LogP contribution in [0.1, 0.15) is 37.2 Å². The average Bonchev–Trinajstić information content (AvgIpc) is 2.60. The number of alkyl halides is 3. The van der Waals surface area contributed by atoms with Gasteiger partial charge in [0.15, 0.2) is 0 Å². The van der Waals surface area contributed by atoms with Crippen molar-refractivity contribution in [3.8, 4) is 0 Å². The van der Waals surface area contributed by atoms with Crippen molar-refractivity contribution in [3.05, 3.63) is 17.0 Å². The van der Waals surface area contributed by atoms with Crippen LogP contribution in [0.2, 0.25) is 0 Å². The molecule has 4 nitrogen and oxygen atoms in total.